The molecule has 148 valence electrons. The lowest BCUT2D eigenvalue weighted by molar-refractivity contribution is -0.123. The molecule has 4 heteroatoms. The van der Waals surface area contributed by atoms with Gasteiger partial charge < -0.3 is 9.64 Å². The largest absolute Gasteiger partial charge is 0.375 e. The topological polar surface area (TPSA) is 42.4 Å². The van der Waals surface area contributed by atoms with Gasteiger partial charge in [-0.05, 0) is 69.6 Å². The molecule has 1 aromatic heterocycles. The molecule has 1 amide bonds. The van der Waals surface area contributed by atoms with Gasteiger partial charge in [-0.1, -0.05) is 29.8 Å². The normalized spacial score (nSPS) is 21.6. The Balaban J connectivity index is 1.35. The molecule has 0 radical (unpaired) electrons. The minimum atomic E-state index is -0.0457. The first kappa shape index (κ1) is 19.1. The molecule has 1 spiro atoms. The number of aryl methyl sites for hydroxylation is 2. The molecule has 1 atom stereocenters. The standard InChI is InChI=1S/C24H30N2O2/c1-18-3-6-20(7-4-18)15-21-9-14-28-24(16-21)10-12-26(13-11-24)23(27)22-8-5-19(2)25-17-22/h3-8,17,21H,9-16H2,1-2H3. The lowest BCUT2D eigenvalue weighted by atomic mass is 9.77. The summed E-state index contributed by atoms with van der Waals surface area (Å²) in [5, 5.41) is 0. The van der Waals surface area contributed by atoms with E-state index >= 15 is 0 Å². The number of benzene rings is 1. The fourth-order valence-corrected chi connectivity index (χ4v) is 4.60. The molecule has 1 aromatic carbocycles. The third-order valence-electron chi connectivity index (χ3n) is 6.36. The van der Waals surface area contributed by atoms with Crippen LogP contribution in [0.4, 0.5) is 0 Å². The van der Waals surface area contributed by atoms with Crippen LogP contribution in [-0.4, -0.2) is 41.1 Å². The molecule has 2 saturated heterocycles. The van der Waals surface area contributed by atoms with E-state index in [1.807, 2.05) is 24.0 Å². The van der Waals surface area contributed by atoms with Crippen molar-refractivity contribution >= 4 is 5.91 Å². The van der Waals surface area contributed by atoms with Crippen LogP contribution in [0.25, 0.3) is 0 Å². The molecule has 2 fully saturated rings. The number of hydrogen-bond donors (Lipinski definition) is 0. The Morgan fingerprint density at radius 1 is 1.14 bits per heavy atom. The van der Waals surface area contributed by atoms with Crippen molar-refractivity contribution in [2.45, 2.75) is 51.6 Å². The van der Waals surface area contributed by atoms with Crippen LogP contribution in [0, 0.1) is 19.8 Å². The Labute approximate surface area is 167 Å². The van der Waals surface area contributed by atoms with Gasteiger partial charge in [-0.3, -0.25) is 9.78 Å². The van der Waals surface area contributed by atoms with E-state index in [0.29, 0.717) is 11.5 Å². The van der Waals surface area contributed by atoms with E-state index in [2.05, 4.69) is 36.2 Å². The molecule has 0 bridgehead atoms. The first-order valence-electron chi connectivity index (χ1n) is 10.4. The number of piperidine rings is 1. The summed E-state index contributed by atoms with van der Waals surface area (Å²) < 4.78 is 6.29. The molecule has 4 nitrogen and oxygen atoms in total. The highest BCUT2D eigenvalue weighted by molar-refractivity contribution is 5.94. The van der Waals surface area contributed by atoms with E-state index in [4.69, 9.17) is 4.74 Å². The number of carbonyl (C=O) groups excluding carboxylic acids is 1. The molecular weight excluding hydrogens is 348 g/mol. The van der Waals surface area contributed by atoms with Gasteiger partial charge in [0.25, 0.3) is 5.91 Å². The first-order valence-corrected chi connectivity index (χ1v) is 10.4. The summed E-state index contributed by atoms with van der Waals surface area (Å²) in [6.07, 6.45) is 6.92. The fourth-order valence-electron chi connectivity index (χ4n) is 4.60. The van der Waals surface area contributed by atoms with Crippen LogP contribution in [0.2, 0.25) is 0 Å². The van der Waals surface area contributed by atoms with Crippen molar-refractivity contribution in [1.82, 2.24) is 9.88 Å². The number of amides is 1. The molecule has 2 aliphatic heterocycles. The van der Waals surface area contributed by atoms with Crippen molar-refractivity contribution in [3.63, 3.8) is 0 Å². The lowest BCUT2D eigenvalue weighted by Crippen LogP contribution is -2.51. The zero-order valence-electron chi connectivity index (χ0n) is 17.0. The van der Waals surface area contributed by atoms with Crippen molar-refractivity contribution in [1.29, 1.82) is 0 Å². The molecule has 28 heavy (non-hydrogen) atoms. The average molecular weight is 379 g/mol. The van der Waals surface area contributed by atoms with Gasteiger partial charge in [0.2, 0.25) is 0 Å². The third kappa shape index (κ3) is 4.27. The molecular formula is C24H30N2O2. The van der Waals surface area contributed by atoms with Gasteiger partial charge in [0, 0.05) is 31.6 Å². The van der Waals surface area contributed by atoms with Gasteiger partial charge in [-0.15, -0.1) is 0 Å². The maximum absolute atomic E-state index is 12.8. The summed E-state index contributed by atoms with van der Waals surface area (Å²) in [4.78, 5) is 19.0. The summed E-state index contributed by atoms with van der Waals surface area (Å²) >= 11 is 0. The first-order chi connectivity index (χ1) is 13.5. The van der Waals surface area contributed by atoms with Crippen LogP contribution < -0.4 is 0 Å². The molecule has 2 aliphatic rings. The van der Waals surface area contributed by atoms with Crippen molar-refractivity contribution in [2.24, 2.45) is 5.92 Å². The van der Waals surface area contributed by atoms with Crippen molar-refractivity contribution in [3.8, 4) is 0 Å². The minimum Gasteiger partial charge on any atom is -0.375 e. The number of carbonyl (C=O) groups is 1. The van der Waals surface area contributed by atoms with Crippen LogP contribution in [0.1, 0.15) is 52.9 Å². The van der Waals surface area contributed by atoms with Gasteiger partial charge in [0.05, 0.1) is 11.2 Å². The van der Waals surface area contributed by atoms with Gasteiger partial charge in [-0.2, -0.15) is 0 Å². The molecule has 0 saturated carbocycles. The van der Waals surface area contributed by atoms with E-state index in [0.717, 1.165) is 57.5 Å². The second-order valence-electron chi connectivity index (χ2n) is 8.56. The third-order valence-corrected chi connectivity index (χ3v) is 6.36. The van der Waals surface area contributed by atoms with Crippen LogP contribution >= 0.6 is 0 Å². The summed E-state index contributed by atoms with van der Waals surface area (Å²) in [7, 11) is 0. The number of pyridine rings is 1. The number of likely N-dealkylation sites (tertiary alicyclic amines) is 1. The number of aromatic nitrogens is 1. The predicted octanol–water partition coefficient (Wildman–Crippen LogP) is 4.34. The van der Waals surface area contributed by atoms with Crippen LogP contribution in [0.5, 0.6) is 0 Å². The van der Waals surface area contributed by atoms with E-state index in [-0.39, 0.29) is 11.5 Å². The van der Waals surface area contributed by atoms with Crippen LogP contribution in [0.3, 0.4) is 0 Å². The Hall–Kier alpha value is -2.20. The summed E-state index contributed by atoms with van der Waals surface area (Å²) in [6.45, 7) is 6.45. The SMILES string of the molecule is Cc1ccc(CC2CCOC3(CCN(C(=O)c4ccc(C)nc4)CC3)C2)cc1. The molecule has 3 heterocycles. The number of rotatable bonds is 3. The monoisotopic (exact) mass is 378 g/mol. The zero-order valence-corrected chi connectivity index (χ0v) is 17.0. The Morgan fingerprint density at radius 2 is 1.89 bits per heavy atom. The van der Waals surface area contributed by atoms with Crippen molar-refractivity contribution in [2.75, 3.05) is 19.7 Å². The Kier molecular flexibility index (Phi) is 5.49. The summed E-state index contributed by atoms with van der Waals surface area (Å²) in [5.74, 6) is 0.759. The second-order valence-corrected chi connectivity index (χ2v) is 8.56. The van der Waals surface area contributed by atoms with Crippen LogP contribution in [0.15, 0.2) is 42.6 Å². The molecule has 2 aromatic rings. The van der Waals surface area contributed by atoms with Gasteiger partial charge in [-0.25, -0.2) is 0 Å². The van der Waals surface area contributed by atoms with Gasteiger partial charge in [0.1, 0.15) is 0 Å². The van der Waals surface area contributed by atoms with E-state index < -0.39 is 0 Å². The van der Waals surface area contributed by atoms with Gasteiger partial charge >= 0.3 is 0 Å². The molecule has 4 rings (SSSR count). The smallest absolute Gasteiger partial charge is 0.255 e. The highest BCUT2D eigenvalue weighted by atomic mass is 16.5. The molecule has 1 unspecified atom stereocenters. The van der Waals surface area contributed by atoms with Crippen LogP contribution in [-0.2, 0) is 11.2 Å². The lowest BCUT2D eigenvalue weighted by Gasteiger charge is -2.46. The zero-order chi connectivity index (χ0) is 19.6. The van der Waals surface area contributed by atoms with E-state index in [9.17, 15) is 4.79 Å². The van der Waals surface area contributed by atoms with Crippen molar-refractivity contribution < 1.29 is 9.53 Å². The predicted molar refractivity (Wildman–Crippen MR) is 110 cm³/mol. The Morgan fingerprint density at radius 3 is 2.57 bits per heavy atom. The average Bonchev–Trinajstić information content (AvgIpc) is 2.71. The van der Waals surface area contributed by atoms with Gasteiger partial charge in [0.15, 0.2) is 0 Å². The van der Waals surface area contributed by atoms with E-state index in [1.165, 1.54) is 11.1 Å². The van der Waals surface area contributed by atoms with Crippen molar-refractivity contribution in [3.05, 3.63) is 65.0 Å². The number of ether oxygens (including phenoxy) is 1. The Bertz CT molecular complexity index is 806. The van der Waals surface area contributed by atoms with E-state index in [1.54, 1.807) is 6.20 Å². The maximum Gasteiger partial charge on any atom is 0.255 e. The highest BCUT2D eigenvalue weighted by Crippen LogP contribution is 2.39. The summed E-state index contributed by atoms with van der Waals surface area (Å²) in [5.41, 5.74) is 4.31. The minimum absolute atomic E-state index is 0.0457. The number of hydrogen-bond acceptors (Lipinski definition) is 3. The highest BCUT2D eigenvalue weighted by Gasteiger charge is 2.41. The molecule has 0 N–H and O–H groups in total. The molecule has 0 aliphatic carbocycles. The second kappa shape index (κ2) is 8.04. The maximum atomic E-state index is 12.8. The quantitative estimate of drug-likeness (QED) is 0.798. The summed E-state index contributed by atoms with van der Waals surface area (Å²) in [6, 6.07) is 12.7. The number of nitrogens with zero attached hydrogens (tertiary/aromatic N) is 2. The fraction of sp³-hybridized carbons (Fsp3) is 0.500.